The predicted molar refractivity (Wildman–Crippen MR) is 111 cm³/mol. The molecule has 2 aromatic carbocycles. The van der Waals surface area contributed by atoms with Gasteiger partial charge >= 0.3 is 0 Å². The highest BCUT2D eigenvalue weighted by Crippen LogP contribution is 2.25. The first-order valence-corrected chi connectivity index (χ1v) is 9.74. The van der Waals surface area contributed by atoms with Crippen LogP contribution in [-0.2, 0) is 17.9 Å². The number of hydrogen-bond acceptors (Lipinski definition) is 3. The number of fused-ring (bicyclic) bond motifs is 1. The van der Waals surface area contributed by atoms with Gasteiger partial charge in [0.05, 0.1) is 6.04 Å². The number of pyridine rings is 1. The van der Waals surface area contributed by atoms with Crippen LogP contribution in [0.15, 0.2) is 79.1 Å². The molecule has 3 aromatic rings. The average molecular weight is 385 g/mol. The van der Waals surface area contributed by atoms with E-state index in [9.17, 15) is 9.59 Å². The SMILES string of the molecule is C[C@@H](c1ccccc1)N(Cc1cccnc1)C(=O)CN1Cc2ccccc2C1=O. The zero-order chi connectivity index (χ0) is 20.2. The quantitative estimate of drug-likeness (QED) is 0.648. The Balaban J connectivity index is 1.56. The molecule has 1 aliphatic heterocycles. The molecule has 146 valence electrons. The number of carbonyl (C=O) groups is 2. The third kappa shape index (κ3) is 4.04. The molecule has 1 aliphatic rings. The molecule has 0 aliphatic carbocycles. The molecule has 0 radical (unpaired) electrons. The summed E-state index contributed by atoms with van der Waals surface area (Å²) in [6.07, 6.45) is 3.49. The number of hydrogen-bond donors (Lipinski definition) is 0. The van der Waals surface area contributed by atoms with Gasteiger partial charge in [-0.25, -0.2) is 0 Å². The second kappa shape index (κ2) is 8.27. The molecule has 0 fully saturated rings. The molecule has 0 unspecified atom stereocenters. The normalized spacial score (nSPS) is 13.8. The highest BCUT2D eigenvalue weighted by molar-refractivity contribution is 6.00. The third-order valence-corrected chi connectivity index (χ3v) is 5.37. The fourth-order valence-corrected chi connectivity index (χ4v) is 3.74. The molecule has 0 saturated heterocycles. The van der Waals surface area contributed by atoms with E-state index < -0.39 is 0 Å². The van der Waals surface area contributed by atoms with E-state index >= 15 is 0 Å². The topological polar surface area (TPSA) is 53.5 Å². The highest BCUT2D eigenvalue weighted by atomic mass is 16.2. The number of amides is 2. The van der Waals surface area contributed by atoms with Crippen molar-refractivity contribution < 1.29 is 9.59 Å². The van der Waals surface area contributed by atoms with Crippen LogP contribution in [0.1, 0.15) is 40.0 Å². The number of rotatable bonds is 6. The van der Waals surface area contributed by atoms with Gasteiger partial charge in [0, 0.05) is 31.0 Å². The van der Waals surface area contributed by atoms with Gasteiger partial charge in [0.15, 0.2) is 0 Å². The monoisotopic (exact) mass is 385 g/mol. The molecular weight excluding hydrogens is 362 g/mol. The van der Waals surface area contributed by atoms with E-state index in [2.05, 4.69) is 4.98 Å². The van der Waals surface area contributed by atoms with Crippen molar-refractivity contribution in [2.75, 3.05) is 6.54 Å². The first kappa shape index (κ1) is 18.9. The Kier molecular flexibility index (Phi) is 5.38. The molecule has 2 heterocycles. The Morgan fingerprint density at radius 1 is 1.07 bits per heavy atom. The summed E-state index contributed by atoms with van der Waals surface area (Å²) in [6, 6.07) is 21.2. The van der Waals surface area contributed by atoms with Crippen LogP contribution >= 0.6 is 0 Å². The van der Waals surface area contributed by atoms with Crippen LogP contribution in [0.2, 0.25) is 0 Å². The lowest BCUT2D eigenvalue weighted by Crippen LogP contribution is -2.41. The van der Waals surface area contributed by atoms with E-state index in [-0.39, 0.29) is 24.4 Å². The van der Waals surface area contributed by atoms with Crippen molar-refractivity contribution >= 4 is 11.8 Å². The molecule has 2 amide bonds. The molecule has 1 atom stereocenters. The zero-order valence-corrected chi connectivity index (χ0v) is 16.4. The van der Waals surface area contributed by atoms with Gasteiger partial charge in [-0.2, -0.15) is 0 Å². The number of benzene rings is 2. The smallest absolute Gasteiger partial charge is 0.254 e. The van der Waals surface area contributed by atoms with Gasteiger partial charge in [0.25, 0.3) is 5.91 Å². The van der Waals surface area contributed by atoms with Crippen LogP contribution in [0.3, 0.4) is 0 Å². The van der Waals surface area contributed by atoms with Crippen molar-refractivity contribution in [3.05, 3.63) is 101 Å². The summed E-state index contributed by atoms with van der Waals surface area (Å²) >= 11 is 0. The zero-order valence-electron chi connectivity index (χ0n) is 16.4. The van der Waals surface area contributed by atoms with Crippen LogP contribution in [0, 0.1) is 0 Å². The Morgan fingerprint density at radius 2 is 1.83 bits per heavy atom. The van der Waals surface area contributed by atoms with E-state index in [1.54, 1.807) is 17.3 Å². The lowest BCUT2D eigenvalue weighted by molar-refractivity contribution is -0.134. The lowest BCUT2D eigenvalue weighted by Gasteiger charge is -2.31. The standard InChI is InChI=1S/C24H23N3O2/c1-18(20-9-3-2-4-10-20)27(15-19-8-7-13-25-14-19)23(28)17-26-16-21-11-5-6-12-22(21)24(26)29/h2-14,18H,15-17H2,1H3/t18-/m0/s1. The van der Waals surface area contributed by atoms with Gasteiger partial charge in [-0.3, -0.25) is 14.6 Å². The summed E-state index contributed by atoms with van der Waals surface area (Å²) in [7, 11) is 0. The fraction of sp³-hybridized carbons (Fsp3) is 0.208. The van der Waals surface area contributed by atoms with Gasteiger partial charge in [-0.1, -0.05) is 54.6 Å². The number of aromatic nitrogens is 1. The minimum Gasteiger partial charge on any atom is -0.330 e. The van der Waals surface area contributed by atoms with Crippen LogP contribution < -0.4 is 0 Å². The van der Waals surface area contributed by atoms with Crippen LogP contribution in [0.4, 0.5) is 0 Å². The van der Waals surface area contributed by atoms with E-state index in [0.717, 1.165) is 16.7 Å². The summed E-state index contributed by atoms with van der Waals surface area (Å²) in [6.45, 7) is 2.99. The van der Waals surface area contributed by atoms with Crippen molar-refractivity contribution in [3.8, 4) is 0 Å². The molecule has 1 aromatic heterocycles. The maximum Gasteiger partial charge on any atom is 0.254 e. The molecule has 0 saturated carbocycles. The Bertz CT molecular complexity index is 1000. The van der Waals surface area contributed by atoms with E-state index in [1.807, 2.05) is 78.6 Å². The maximum atomic E-state index is 13.3. The second-order valence-corrected chi connectivity index (χ2v) is 7.29. The summed E-state index contributed by atoms with van der Waals surface area (Å²) in [4.78, 5) is 33.6. The van der Waals surface area contributed by atoms with Crippen molar-refractivity contribution in [3.63, 3.8) is 0 Å². The number of nitrogens with zero attached hydrogens (tertiary/aromatic N) is 3. The number of carbonyl (C=O) groups excluding carboxylic acids is 2. The first-order valence-electron chi connectivity index (χ1n) is 9.74. The van der Waals surface area contributed by atoms with Crippen LogP contribution in [0.5, 0.6) is 0 Å². The van der Waals surface area contributed by atoms with Crippen molar-refractivity contribution in [1.82, 2.24) is 14.8 Å². The van der Waals surface area contributed by atoms with Crippen LogP contribution in [-0.4, -0.2) is 33.1 Å². The maximum absolute atomic E-state index is 13.3. The van der Waals surface area contributed by atoms with Gasteiger partial charge in [0.2, 0.25) is 5.91 Å². The molecule has 5 nitrogen and oxygen atoms in total. The van der Waals surface area contributed by atoms with E-state index in [4.69, 9.17) is 0 Å². The summed E-state index contributed by atoms with van der Waals surface area (Å²) in [5.41, 5.74) is 3.68. The van der Waals surface area contributed by atoms with Gasteiger partial charge in [-0.15, -0.1) is 0 Å². The van der Waals surface area contributed by atoms with Crippen LogP contribution in [0.25, 0.3) is 0 Å². The average Bonchev–Trinajstić information content (AvgIpc) is 3.08. The molecule has 0 bridgehead atoms. The first-order chi connectivity index (χ1) is 14.1. The minimum atomic E-state index is -0.121. The van der Waals surface area contributed by atoms with Gasteiger partial charge < -0.3 is 9.80 Å². The summed E-state index contributed by atoms with van der Waals surface area (Å²) < 4.78 is 0. The Hall–Kier alpha value is -3.47. The van der Waals surface area contributed by atoms with Crippen molar-refractivity contribution in [2.24, 2.45) is 0 Å². The predicted octanol–water partition coefficient (Wildman–Crippen LogP) is 3.83. The Morgan fingerprint density at radius 3 is 2.55 bits per heavy atom. The van der Waals surface area contributed by atoms with Crippen molar-refractivity contribution in [1.29, 1.82) is 0 Å². The Labute approximate surface area is 170 Å². The fourth-order valence-electron chi connectivity index (χ4n) is 3.74. The summed E-state index contributed by atoms with van der Waals surface area (Å²) in [5.74, 6) is -0.158. The summed E-state index contributed by atoms with van der Waals surface area (Å²) in [5, 5.41) is 0. The molecule has 5 heteroatoms. The molecule has 0 spiro atoms. The third-order valence-electron chi connectivity index (χ3n) is 5.37. The highest BCUT2D eigenvalue weighted by Gasteiger charge is 2.31. The lowest BCUT2D eigenvalue weighted by atomic mass is 10.1. The van der Waals surface area contributed by atoms with E-state index in [0.29, 0.717) is 18.7 Å². The molecule has 29 heavy (non-hydrogen) atoms. The largest absolute Gasteiger partial charge is 0.330 e. The van der Waals surface area contributed by atoms with Gasteiger partial charge in [-0.05, 0) is 35.7 Å². The van der Waals surface area contributed by atoms with Crippen molar-refractivity contribution in [2.45, 2.75) is 26.1 Å². The molecular formula is C24H23N3O2. The van der Waals surface area contributed by atoms with Gasteiger partial charge in [0.1, 0.15) is 6.54 Å². The minimum absolute atomic E-state index is 0.0605. The molecule has 4 rings (SSSR count). The second-order valence-electron chi connectivity index (χ2n) is 7.29. The van der Waals surface area contributed by atoms with E-state index in [1.165, 1.54) is 0 Å². The molecule has 0 N–H and O–H groups in total.